The van der Waals surface area contributed by atoms with E-state index in [9.17, 15) is 19.7 Å². The molecule has 0 radical (unpaired) electrons. The number of allylic oxidation sites excluding steroid dienone is 1. The van der Waals surface area contributed by atoms with Gasteiger partial charge in [-0.05, 0) is 24.6 Å². The average molecular weight is 376 g/mol. The molecule has 136 valence electrons. The Kier molecular flexibility index (Phi) is 5.19. The number of nitrogens with one attached hydrogen (secondary N) is 3. The van der Waals surface area contributed by atoms with Crippen LogP contribution in [0.2, 0.25) is 0 Å². The number of carbonyl (C=O) groups excluding carboxylic acids is 2. The summed E-state index contributed by atoms with van der Waals surface area (Å²) in [6.07, 6.45) is 2.84. The number of nitro groups is 1. The summed E-state index contributed by atoms with van der Waals surface area (Å²) in [5, 5.41) is 19.0. The molecule has 1 fully saturated rings. The van der Waals surface area contributed by atoms with Gasteiger partial charge in [-0.15, -0.1) is 11.8 Å². The summed E-state index contributed by atoms with van der Waals surface area (Å²) >= 11 is 1.44. The van der Waals surface area contributed by atoms with Crippen LogP contribution >= 0.6 is 11.8 Å². The van der Waals surface area contributed by atoms with Crippen molar-refractivity contribution >= 4 is 35.5 Å². The van der Waals surface area contributed by atoms with Crippen molar-refractivity contribution in [2.45, 2.75) is 18.5 Å². The molecule has 0 aliphatic carbocycles. The number of hydrazone groups is 1. The molecule has 2 amide bonds. The Balaban J connectivity index is 1.55. The first-order chi connectivity index (χ1) is 12.4. The van der Waals surface area contributed by atoms with Crippen molar-refractivity contribution in [1.82, 2.24) is 21.2 Å². The number of thioether (sulfide) groups is 1. The maximum Gasteiger partial charge on any atom is 0.269 e. The first-order valence-electron chi connectivity index (χ1n) is 7.67. The fourth-order valence-corrected chi connectivity index (χ4v) is 3.56. The Labute approximate surface area is 152 Å². The van der Waals surface area contributed by atoms with Gasteiger partial charge in [0.2, 0.25) is 0 Å². The van der Waals surface area contributed by atoms with Crippen LogP contribution in [0.1, 0.15) is 12.5 Å². The first-order valence-corrected chi connectivity index (χ1v) is 8.72. The van der Waals surface area contributed by atoms with Crippen LogP contribution in [0.3, 0.4) is 0 Å². The Morgan fingerprint density at radius 1 is 1.46 bits per heavy atom. The molecular formula is C15H16N6O4S. The lowest BCUT2D eigenvalue weighted by molar-refractivity contribution is -0.384. The maximum absolute atomic E-state index is 12.2. The molecule has 2 heterocycles. The number of rotatable bonds is 4. The van der Waals surface area contributed by atoms with E-state index in [1.165, 1.54) is 53.3 Å². The number of nitro benzene ring substituents is 1. The standard InChI is InChI=1S/C15H16N6O4S/c1-9-6-13(22)20-15(17-9)26-8-12(19-20)14(23)18-16-7-10-2-4-11(5-3-10)21(24)25/h2-7,12,15,17,19H,8H2,1H3,(H,18,23)/b16-7-/t12-,15+/m0/s1. The Morgan fingerprint density at radius 2 is 2.19 bits per heavy atom. The zero-order valence-corrected chi connectivity index (χ0v) is 14.5. The number of benzene rings is 1. The lowest BCUT2D eigenvalue weighted by atomic mass is 10.2. The fourth-order valence-electron chi connectivity index (χ4n) is 2.38. The van der Waals surface area contributed by atoms with Crippen LogP contribution in [0.25, 0.3) is 0 Å². The molecular weight excluding hydrogens is 360 g/mol. The summed E-state index contributed by atoms with van der Waals surface area (Å²) in [6.45, 7) is 1.81. The second-order valence-electron chi connectivity index (χ2n) is 5.63. The van der Waals surface area contributed by atoms with Gasteiger partial charge in [0.05, 0.1) is 11.1 Å². The lowest BCUT2D eigenvalue weighted by Crippen LogP contribution is -2.65. The highest BCUT2D eigenvalue weighted by molar-refractivity contribution is 7.99. The molecule has 0 unspecified atom stereocenters. The van der Waals surface area contributed by atoms with Gasteiger partial charge >= 0.3 is 0 Å². The minimum absolute atomic E-state index is 0.0201. The SMILES string of the molecule is CC1=CC(=O)N2N[C@H](C(=O)N/N=C\c3ccc([N+](=O)[O-])cc3)CS[C@@H]2N1. The third-order valence-corrected chi connectivity index (χ3v) is 4.86. The van der Waals surface area contributed by atoms with E-state index < -0.39 is 11.0 Å². The van der Waals surface area contributed by atoms with Gasteiger partial charge in [0.15, 0.2) is 5.50 Å². The molecule has 3 N–H and O–H groups in total. The highest BCUT2D eigenvalue weighted by Gasteiger charge is 2.36. The van der Waals surface area contributed by atoms with Gasteiger partial charge in [0.1, 0.15) is 6.04 Å². The third kappa shape index (κ3) is 4.00. The predicted octanol–water partition coefficient (Wildman–Crippen LogP) is 0.284. The minimum Gasteiger partial charge on any atom is -0.359 e. The number of fused-ring (bicyclic) bond motifs is 1. The van der Waals surface area contributed by atoms with Crippen molar-refractivity contribution in [3.63, 3.8) is 0 Å². The first kappa shape index (κ1) is 17.9. The summed E-state index contributed by atoms with van der Waals surface area (Å²) in [4.78, 5) is 34.3. The number of hydrogen-bond acceptors (Lipinski definition) is 8. The molecule has 0 spiro atoms. The third-order valence-electron chi connectivity index (χ3n) is 3.69. The number of hydrazine groups is 1. The molecule has 11 heteroatoms. The molecule has 2 aliphatic heterocycles. The molecule has 0 bridgehead atoms. The Bertz CT molecular complexity index is 794. The van der Waals surface area contributed by atoms with Crippen LogP contribution in [0.4, 0.5) is 5.69 Å². The smallest absolute Gasteiger partial charge is 0.269 e. The zero-order valence-electron chi connectivity index (χ0n) is 13.7. The van der Waals surface area contributed by atoms with Gasteiger partial charge in [0, 0.05) is 29.7 Å². The highest BCUT2D eigenvalue weighted by Crippen LogP contribution is 2.23. The molecule has 10 nitrogen and oxygen atoms in total. The van der Waals surface area contributed by atoms with E-state index in [0.717, 1.165) is 5.70 Å². The lowest BCUT2D eigenvalue weighted by Gasteiger charge is -2.41. The monoisotopic (exact) mass is 376 g/mol. The summed E-state index contributed by atoms with van der Waals surface area (Å²) in [7, 11) is 0. The van der Waals surface area contributed by atoms with Crippen LogP contribution in [-0.4, -0.2) is 45.3 Å². The predicted molar refractivity (Wildman–Crippen MR) is 95.7 cm³/mol. The Hall–Kier alpha value is -2.92. The fraction of sp³-hybridized carbons (Fsp3) is 0.267. The van der Waals surface area contributed by atoms with Gasteiger partial charge in [-0.3, -0.25) is 19.7 Å². The quantitative estimate of drug-likeness (QED) is 0.391. The van der Waals surface area contributed by atoms with E-state index in [1.807, 2.05) is 6.92 Å². The number of amides is 2. The molecule has 1 aromatic carbocycles. The largest absolute Gasteiger partial charge is 0.359 e. The van der Waals surface area contributed by atoms with Gasteiger partial charge in [-0.1, -0.05) is 0 Å². The van der Waals surface area contributed by atoms with Crippen molar-refractivity contribution < 1.29 is 14.5 Å². The van der Waals surface area contributed by atoms with Gasteiger partial charge < -0.3 is 5.32 Å². The number of non-ortho nitro benzene ring substituents is 1. The van der Waals surface area contributed by atoms with Gasteiger partial charge in [0.25, 0.3) is 17.5 Å². The average Bonchev–Trinajstić information content (AvgIpc) is 2.61. The second-order valence-corrected chi connectivity index (χ2v) is 6.74. The molecule has 1 aromatic rings. The summed E-state index contributed by atoms with van der Waals surface area (Å²) in [5.41, 5.74) is 6.41. The van der Waals surface area contributed by atoms with Crippen molar-refractivity contribution in [3.8, 4) is 0 Å². The van der Waals surface area contributed by atoms with Crippen molar-refractivity contribution in [3.05, 3.63) is 51.7 Å². The summed E-state index contributed by atoms with van der Waals surface area (Å²) in [6, 6.07) is 5.16. The van der Waals surface area contributed by atoms with Gasteiger partial charge in [-0.25, -0.2) is 15.9 Å². The van der Waals surface area contributed by atoms with E-state index in [-0.39, 0.29) is 23.0 Å². The topological polar surface area (TPSA) is 129 Å². The van der Waals surface area contributed by atoms with E-state index in [1.54, 1.807) is 0 Å². The van der Waals surface area contributed by atoms with E-state index >= 15 is 0 Å². The van der Waals surface area contributed by atoms with Crippen molar-refractivity contribution in [2.75, 3.05) is 5.75 Å². The molecule has 0 saturated carbocycles. The molecule has 3 rings (SSSR count). The van der Waals surface area contributed by atoms with Crippen molar-refractivity contribution in [1.29, 1.82) is 0 Å². The van der Waals surface area contributed by atoms with Crippen LogP contribution in [0, 0.1) is 10.1 Å². The van der Waals surface area contributed by atoms with Crippen LogP contribution in [0.15, 0.2) is 41.1 Å². The summed E-state index contributed by atoms with van der Waals surface area (Å²) < 4.78 is 0. The molecule has 2 aliphatic rings. The Morgan fingerprint density at radius 3 is 2.88 bits per heavy atom. The minimum atomic E-state index is -0.609. The van der Waals surface area contributed by atoms with Crippen LogP contribution in [0.5, 0.6) is 0 Å². The highest BCUT2D eigenvalue weighted by atomic mass is 32.2. The second kappa shape index (κ2) is 7.54. The molecule has 0 aromatic heterocycles. The molecule has 2 atom stereocenters. The van der Waals surface area contributed by atoms with Gasteiger partial charge in [-0.2, -0.15) is 5.10 Å². The molecule has 1 saturated heterocycles. The maximum atomic E-state index is 12.2. The number of nitrogens with zero attached hydrogens (tertiary/aromatic N) is 3. The van der Waals surface area contributed by atoms with Crippen LogP contribution in [-0.2, 0) is 9.59 Å². The van der Waals surface area contributed by atoms with Crippen LogP contribution < -0.4 is 16.2 Å². The number of hydrogen-bond donors (Lipinski definition) is 3. The normalized spacial score (nSPS) is 22.4. The zero-order chi connectivity index (χ0) is 18.7. The van der Waals surface area contributed by atoms with E-state index in [4.69, 9.17) is 0 Å². The van der Waals surface area contributed by atoms with E-state index in [2.05, 4.69) is 21.3 Å². The summed E-state index contributed by atoms with van der Waals surface area (Å²) in [5.74, 6) is -0.132. The van der Waals surface area contributed by atoms with E-state index in [0.29, 0.717) is 11.3 Å². The number of carbonyl (C=O) groups is 2. The molecule has 26 heavy (non-hydrogen) atoms. The van der Waals surface area contributed by atoms with Crippen molar-refractivity contribution in [2.24, 2.45) is 5.10 Å².